The van der Waals surface area contributed by atoms with Gasteiger partial charge in [0.2, 0.25) is 0 Å². The number of fused-ring (bicyclic) bond motifs is 2. The third-order valence-electron chi connectivity index (χ3n) is 5.42. The van der Waals surface area contributed by atoms with Gasteiger partial charge in [-0.2, -0.15) is 0 Å². The number of benzene rings is 1. The number of thiazole rings is 1. The highest BCUT2D eigenvalue weighted by molar-refractivity contribution is 7.17. The zero-order chi connectivity index (χ0) is 18.2. The number of hydrogen-bond acceptors (Lipinski definition) is 5. The summed E-state index contributed by atoms with van der Waals surface area (Å²) in [7, 11) is 0. The van der Waals surface area contributed by atoms with Crippen molar-refractivity contribution in [3.63, 3.8) is 0 Å². The fraction of sp³-hybridized carbons (Fsp3) is 0.333. The van der Waals surface area contributed by atoms with E-state index in [-0.39, 0.29) is 36.8 Å². The summed E-state index contributed by atoms with van der Waals surface area (Å²) in [4.78, 5) is 18.5. The maximum Gasteiger partial charge on any atom is 0.263 e. The standard InChI is InChI=1S/C21H21N3O2S.2ClH/c25-20(23-16-11-14-8-9-15(12-16)22-14)19-18(13-5-2-1-3-6-13)24-21(27-19)17-7-4-10-26-17;;/h1-7,10,14-16,22H,8-9,11-12H2,(H,23,25);2*1H. The molecule has 1 aromatic carbocycles. The number of rotatable bonds is 4. The number of furan rings is 1. The van der Waals surface area contributed by atoms with Crippen LogP contribution < -0.4 is 10.6 Å². The Bertz CT molecular complexity index is 934. The van der Waals surface area contributed by atoms with E-state index >= 15 is 0 Å². The van der Waals surface area contributed by atoms with Crippen molar-refractivity contribution < 1.29 is 9.21 Å². The maximum absolute atomic E-state index is 13.1. The van der Waals surface area contributed by atoms with Gasteiger partial charge in [0.05, 0.1) is 12.0 Å². The summed E-state index contributed by atoms with van der Waals surface area (Å²) in [5.74, 6) is 0.659. The molecule has 1 amide bonds. The van der Waals surface area contributed by atoms with Gasteiger partial charge in [-0.3, -0.25) is 4.79 Å². The Balaban J connectivity index is 0.00000120. The second-order valence-electron chi connectivity index (χ2n) is 7.32. The number of amides is 1. The van der Waals surface area contributed by atoms with Crippen LogP contribution >= 0.6 is 36.2 Å². The van der Waals surface area contributed by atoms with Crippen LogP contribution in [0, 0.1) is 0 Å². The molecular weight excluding hydrogens is 429 g/mol. The van der Waals surface area contributed by atoms with Crippen molar-refractivity contribution in [2.75, 3.05) is 0 Å². The second-order valence-corrected chi connectivity index (χ2v) is 8.32. The SMILES string of the molecule is Cl.Cl.O=C(NC1CC2CCC(C1)N2)c1sc(-c2ccco2)nc1-c1ccccc1. The van der Waals surface area contributed by atoms with Crippen LogP contribution in [0.4, 0.5) is 0 Å². The molecule has 29 heavy (non-hydrogen) atoms. The van der Waals surface area contributed by atoms with Gasteiger partial charge in [0.15, 0.2) is 10.8 Å². The fourth-order valence-electron chi connectivity index (χ4n) is 4.20. The minimum Gasteiger partial charge on any atom is -0.462 e. The van der Waals surface area contributed by atoms with E-state index in [1.165, 1.54) is 24.2 Å². The molecule has 2 unspecified atom stereocenters. The van der Waals surface area contributed by atoms with Crippen LogP contribution in [0.5, 0.6) is 0 Å². The predicted molar refractivity (Wildman–Crippen MR) is 120 cm³/mol. The average molecular weight is 452 g/mol. The number of aromatic nitrogens is 1. The molecule has 2 fully saturated rings. The summed E-state index contributed by atoms with van der Waals surface area (Å²) in [6.07, 6.45) is 6.08. The first-order valence-electron chi connectivity index (χ1n) is 9.43. The molecule has 8 heteroatoms. The maximum atomic E-state index is 13.1. The van der Waals surface area contributed by atoms with Gasteiger partial charge in [0.1, 0.15) is 4.88 Å². The Morgan fingerprint density at radius 1 is 1.07 bits per heavy atom. The quantitative estimate of drug-likeness (QED) is 0.590. The highest BCUT2D eigenvalue weighted by Crippen LogP contribution is 2.34. The Morgan fingerprint density at radius 2 is 1.79 bits per heavy atom. The first-order chi connectivity index (χ1) is 13.3. The topological polar surface area (TPSA) is 67.2 Å². The summed E-state index contributed by atoms with van der Waals surface area (Å²) in [5.41, 5.74) is 1.67. The number of carbonyl (C=O) groups excluding carboxylic acids is 1. The number of carbonyl (C=O) groups is 1. The molecule has 2 bridgehead atoms. The van der Waals surface area contributed by atoms with Gasteiger partial charge in [-0.25, -0.2) is 4.98 Å². The van der Waals surface area contributed by atoms with Crippen LogP contribution in [0.25, 0.3) is 22.0 Å². The molecule has 5 rings (SSSR count). The molecule has 2 N–H and O–H groups in total. The lowest BCUT2D eigenvalue weighted by atomic mass is 9.99. The molecule has 2 aliphatic rings. The highest BCUT2D eigenvalue weighted by Gasteiger charge is 2.34. The highest BCUT2D eigenvalue weighted by atomic mass is 35.5. The van der Waals surface area contributed by atoms with Crippen molar-refractivity contribution in [3.8, 4) is 22.0 Å². The van der Waals surface area contributed by atoms with E-state index in [2.05, 4.69) is 10.6 Å². The van der Waals surface area contributed by atoms with Crippen LogP contribution in [0.3, 0.4) is 0 Å². The van der Waals surface area contributed by atoms with Gasteiger partial charge in [-0.1, -0.05) is 30.3 Å². The summed E-state index contributed by atoms with van der Waals surface area (Å²) < 4.78 is 5.50. The van der Waals surface area contributed by atoms with E-state index in [4.69, 9.17) is 9.40 Å². The Hall–Kier alpha value is -1.86. The van der Waals surface area contributed by atoms with Crippen molar-refractivity contribution in [2.45, 2.75) is 43.8 Å². The van der Waals surface area contributed by atoms with Gasteiger partial charge < -0.3 is 15.1 Å². The van der Waals surface area contributed by atoms with Crippen molar-refractivity contribution in [1.29, 1.82) is 0 Å². The third kappa shape index (κ3) is 4.51. The first kappa shape index (κ1) is 21.8. The minimum absolute atomic E-state index is 0. The van der Waals surface area contributed by atoms with Crippen molar-refractivity contribution in [1.82, 2.24) is 15.6 Å². The van der Waals surface area contributed by atoms with E-state index in [0.29, 0.717) is 22.7 Å². The lowest BCUT2D eigenvalue weighted by Crippen LogP contribution is -2.47. The fourth-order valence-corrected chi connectivity index (χ4v) is 5.16. The molecule has 4 heterocycles. The summed E-state index contributed by atoms with van der Waals surface area (Å²) in [6.45, 7) is 0. The number of piperidine rings is 1. The zero-order valence-electron chi connectivity index (χ0n) is 15.7. The molecule has 0 aliphatic carbocycles. The summed E-state index contributed by atoms with van der Waals surface area (Å²) >= 11 is 1.39. The van der Waals surface area contributed by atoms with Gasteiger partial charge in [-0.15, -0.1) is 36.2 Å². The molecule has 2 aromatic heterocycles. The molecule has 0 spiro atoms. The predicted octanol–water partition coefficient (Wildman–Crippen LogP) is 4.93. The van der Waals surface area contributed by atoms with Crippen LogP contribution in [0.2, 0.25) is 0 Å². The third-order valence-corrected chi connectivity index (χ3v) is 6.49. The number of nitrogens with one attached hydrogen (secondary N) is 2. The van der Waals surface area contributed by atoms with Crippen LogP contribution in [-0.4, -0.2) is 29.0 Å². The molecular formula is C21H23Cl2N3O2S. The van der Waals surface area contributed by atoms with Crippen molar-refractivity contribution >= 4 is 42.1 Å². The Morgan fingerprint density at radius 3 is 2.45 bits per heavy atom. The number of hydrogen-bond donors (Lipinski definition) is 2. The molecule has 154 valence electrons. The molecule has 0 saturated carbocycles. The van der Waals surface area contributed by atoms with E-state index in [1.807, 2.05) is 42.5 Å². The van der Waals surface area contributed by atoms with Crippen LogP contribution in [-0.2, 0) is 0 Å². The number of nitrogens with zero attached hydrogens (tertiary/aromatic N) is 1. The zero-order valence-corrected chi connectivity index (χ0v) is 18.1. The van der Waals surface area contributed by atoms with Crippen molar-refractivity contribution in [2.24, 2.45) is 0 Å². The van der Waals surface area contributed by atoms with Gasteiger partial charge >= 0.3 is 0 Å². The van der Waals surface area contributed by atoms with E-state index in [1.54, 1.807) is 6.26 Å². The molecule has 2 saturated heterocycles. The van der Waals surface area contributed by atoms with Gasteiger partial charge in [-0.05, 0) is 37.8 Å². The molecule has 2 atom stereocenters. The van der Waals surface area contributed by atoms with E-state index < -0.39 is 0 Å². The molecule has 5 nitrogen and oxygen atoms in total. The van der Waals surface area contributed by atoms with E-state index in [0.717, 1.165) is 29.1 Å². The summed E-state index contributed by atoms with van der Waals surface area (Å²) in [6, 6.07) is 14.9. The Labute approximate surface area is 186 Å². The molecule has 3 aromatic rings. The first-order valence-corrected chi connectivity index (χ1v) is 10.2. The molecule has 2 aliphatic heterocycles. The largest absolute Gasteiger partial charge is 0.462 e. The second kappa shape index (κ2) is 9.30. The monoisotopic (exact) mass is 451 g/mol. The number of halogens is 2. The van der Waals surface area contributed by atoms with Crippen LogP contribution in [0.15, 0.2) is 53.1 Å². The normalized spacial score (nSPS) is 22.4. The minimum atomic E-state index is -0.0320. The summed E-state index contributed by atoms with van der Waals surface area (Å²) in [5, 5.41) is 7.62. The lowest BCUT2D eigenvalue weighted by Gasteiger charge is -2.29. The average Bonchev–Trinajstić information content (AvgIpc) is 3.42. The lowest BCUT2D eigenvalue weighted by molar-refractivity contribution is 0.0928. The Kier molecular flexibility index (Phi) is 7.01. The van der Waals surface area contributed by atoms with E-state index in [9.17, 15) is 4.79 Å². The van der Waals surface area contributed by atoms with Crippen molar-refractivity contribution in [3.05, 3.63) is 53.6 Å². The van der Waals surface area contributed by atoms with Gasteiger partial charge in [0.25, 0.3) is 5.91 Å². The smallest absolute Gasteiger partial charge is 0.263 e. The van der Waals surface area contributed by atoms with Gasteiger partial charge in [0, 0.05) is 23.7 Å². The van der Waals surface area contributed by atoms with Crippen LogP contribution in [0.1, 0.15) is 35.4 Å². The molecule has 0 radical (unpaired) electrons.